The van der Waals surface area contributed by atoms with Crippen molar-refractivity contribution in [2.75, 3.05) is 54.6 Å². The number of aliphatic imine (C=N–C) groups is 1. The monoisotopic (exact) mass is 475 g/mol. The van der Waals surface area contributed by atoms with Gasteiger partial charge in [-0.05, 0) is 32.2 Å². The smallest absolute Gasteiger partial charge is 0.158 e. The van der Waals surface area contributed by atoms with Crippen LogP contribution >= 0.6 is 23.4 Å². The number of thioether (sulfide) groups is 1. The topological polar surface area (TPSA) is 94.5 Å². The first-order valence-corrected chi connectivity index (χ1v) is 11.6. The lowest BCUT2D eigenvalue weighted by Gasteiger charge is -2.28. The first-order valence-electron chi connectivity index (χ1n) is 10.2. The van der Waals surface area contributed by atoms with Gasteiger partial charge in [0, 0.05) is 45.5 Å². The van der Waals surface area contributed by atoms with Crippen LogP contribution in [0.15, 0.2) is 40.4 Å². The number of anilines is 3. The van der Waals surface area contributed by atoms with E-state index in [0.29, 0.717) is 10.8 Å². The molecule has 3 N–H and O–H groups in total. The Morgan fingerprint density at radius 2 is 2.09 bits per heavy atom. The van der Waals surface area contributed by atoms with Gasteiger partial charge in [-0.25, -0.2) is 9.97 Å². The molecule has 3 rings (SSSR count). The summed E-state index contributed by atoms with van der Waals surface area (Å²) in [4.78, 5) is 26.0. The van der Waals surface area contributed by atoms with Crippen LogP contribution in [-0.4, -0.2) is 62.1 Å². The number of nitrogens with zero attached hydrogens (tertiary/aromatic N) is 4. The molecule has 1 saturated heterocycles. The zero-order valence-electron chi connectivity index (χ0n) is 18.7. The van der Waals surface area contributed by atoms with Gasteiger partial charge in [-0.3, -0.25) is 9.79 Å². The van der Waals surface area contributed by atoms with E-state index in [1.807, 2.05) is 45.2 Å². The highest BCUT2D eigenvalue weighted by atomic mass is 35.5. The number of benzene rings is 1. The molecule has 0 amide bonds. The molecule has 10 heteroatoms. The summed E-state index contributed by atoms with van der Waals surface area (Å²) in [5.74, 6) is 2.94. The van der Waals surface area contributed by atoms with Gasteiger partial charge in [-0.15, -0.1) is 0 Å². The Hall–Kier alpha value is -2.62. The van der Waals surface area contributed by atoms with E-state index in [1.165, 1.54) is 23.5 Å². The Balaban J connectivity index is 0.000000303. The Labute approximate surface area is 199 Å². The SMILES string of the molecule is C=N/C=C(/C=O)SCNc1cc(N2CCNCC2)nc(C)n1.CNc1c(C)cccc1Cl. The third-order valence-corrected chi connectivity index (χ3v) is 5.70. The summed E-state index contributed by atoms with van der Waals surface area (Å²) in [6.45, 7) is 11.0. The standard InChI is InChI=1S/C14H20N6OS.C8H10ClN/c1-11-18-13(17-10-22-12(9-21)8-15-2)7-14(19-11)20-5-3-16-4-6-20;1-6-4-3-5-7(9)8(6)10-2/h7-9,16H,2-6,10H2,1H3,(H,17,18,19);3-5,10H,1-2H3/b12-8-;. The van der Waals surface area contributed by atoms with Crippen LogP contribution in [-0.2, 0) is 4.79 Å². The third-order valence-electron chi connectivity index (χ3n) is 4.56. The number of aldehydes is 1. The van der Waals surface area contributed by atoms with Gasteiger partial charge in [0.05, 0.1) is 21.5 Å². The second-order valence-electron chi connectivity index (χ2n) is 6.87. The maximum absolute atomic E-state index is 10.8. The van der Waals surface area contributed by atoms with E-state index in [2.05, 4.69) is 42.5 Å². The van der Waals surface area contributed by atoms with Crippen LogP contribution in [0.2, 0.25) is 5.02 Å². The van der Waals surface area contributed by atoms with Crippen LogP contribution in [0.25, 0.3) is 0 Å². The fourth-order valence-electron chi connectivity index (χ4n) is 3.03. The van der Waals surface area contributed by atoms with Crippen molar-refractivity contribution in [1.82, 2.24) is 15.3 Å². The quantitative estimate of drug-likeness (QED) is 0.230. The van der Waals surface area contributed by atoms with Gasteiger partial charge < -0.3 is 20.9 Å². The number of piperazine rings is 1. The average molecular weight is 476 g/mol. The molecule has 0 atom stereocenters. The van der Waals surface area contributed by atoms with Gasteiger partial charge in [0.15, 0.2) is 6.29 Å². The van der Waals surface area contributed by atoms with E-state index < -0.39 is 0 Å². The fourth-order valence-corrected chi connectivity index (χ4v) is 3.95. The summed E-state index contributed by atoms with van der Waals surface area (Å²) in [6, 6.07) is 7.78. The second-order valence-corrected chi connectivity index (χ2v) is 8.33. The molecule has 0 radical (unpaired) electrons. The summed E-state index contributed by atoms with van der Waals surface area (Å²) in [7, 11) is 1.87. The van der Waals surface area contributed by atoms with E-state index in [4.69, 9.17) is 11.6 Å². The number of rotatable bonds is 8. The number of aromatic nitrogens is 2. The van der Waals surface area contributed by atoms with Crippen molar-refractivity contribution in [3.63, 3.8) is 0 Å². The zero-order valence-corrected chi connectivity index (χ0v) is 20.3. The molecule has 1 aliphatic heterocycles. The molecular formula is C22H30ClN7OS. The lowest BCUT2D eigenvalue weighted by molar-refractivity contribution is -0.104. The molecule has 0 unspecified atom stereocenters. The molecule has 32 heavy (non-hydrogen) atoms. The van der Waals surface area contributed by atoms with Crippen LogP contribution in [0.3, 0.4) is 0 Å². The first-order chi connectivity index (χ1) is 15.5. The van der Waals surface area contributed by atoms with Crippen LogP contribution in [0.4, 0.5) is 17.3 Å². The maximum atomic E-state index is 10.8. The number of hydrogen-bond donors (Lipinski definition) is 3. The van der Waals surface area contributed by atoms with Crippen molar-refractivity contribution in [3.05, 3.63) is 51.8 Å². The number of aryl methyl sites for hydroxylation is 2. The summed E-state index contributed by atoms with van der Waals surface area (Å²) < 4.78 is 0. The van der Waals surface area contributed by atoms with Crippen LogP contribution < -0.4 is 20.9 Å². The van der Waals surface area contributed by atoms with Crippen molar-refractivity contribution in [3.8, 4) is 0 Å². The highest BCUT2D eigenvalue weighted by Gasteiger charge is 2.13. The van der Waals surface area contributed by atoms with Gasteiger partial charge in [-0.2, -0.15) is 0 Å². The van der Waals surface area contributed by atoms with Gasteiger partial charge in [-0.1, -0.05) is 35.5 Å². The molecule has 172 valence electrons. The molecular weight excluding hydrogens is 446 g/mol. The molecule has 1 fully saturated rings. The molecule has 1 aromatic heterocycles. The number of carbonyl (C=O) groups excluding carboxylic acids is 1. The van der Waals surface area contributed by atoms with E-state index in [-0.39, 0.29) is 0 Å². The third kappa shape index (κ3) is 8.14. The van der Waals surface area contributed by atoms with Crippen molar-refractivity contribution in [1.29, 1.82) is 0 Å². The van der Waals surface area contributed by atoms with E-state index >= 15 is 0 Å². The van der Waals surface area contributed by atoms with Gasteiger partial charge in [0.2, 0.25) is 0 Å². The normalized spacial score (nSPS) is 13.6. The van der Waals surface area contributed by atoms with Crippen LogP contribution in [0.1, 0.15) is 11.4 Å². The minimum Gasteiger partial charge on any atom is -0.387 e. The number of para-hydroxylation sites is 1. The lowest BCUT2D eigenvalue weighted by Crippen LogP contribution is -2.44. The Bertz CT molecular complexity index is 912. The highest BCUT2D eigenvalue weighted by Crippen LogP contribution is 2.24. The number of allylic oxidation sites excluding steroid dienone is 1. The largest absolute Gasteiger partial charge is 0.387 e. The minimum atomic E-state index is 0.524. The van der Waals surface area contributed by atoms with Crippen molar-refractivity contribution >= 4 is 53.7 Å². The molecule has 1 aromatic carbocycles. The average Bonchev–Trinajstić information content (AvgIpc) is 2.79. The molecule has 0 aliphatic carbocycles. The number of halogens is 1. The molecule has 1 aliphatic rings. The van der Waals surface area contributed by atoms with Crippen LogP contribution in [0.5, 0.6) is 0 Å². The molecule has 2 heterocycles. The molecule has 2 aromatic rings. The summed E-state index contributed by atoms with van der Waals surface area (Å²) in [5, 5.41) is 10.3. The van der Waals surface area contributed by atoms with E-state index in [0.717, 1.165) is 60.6 Å². The Kier molecular flexibility index (Phi) is 11.0. The number of nitrogens with one attached hydrogen (secondary N) is 3. The van der Waals surface area contributed by atoms with E-state index in [1.54, 1.807) is 0 Å². The van der Waals surface area contributed by atoms with E-state index in [9.17, 15) is 4.79 Å². The number of carbonyl (C=O) groups is 1. The Morgan fingerprint density at radius 3 is 2.69 bits per heavy atom. The highest BCUT2D eigenvalue weighted by molar-refractivity contribution is 8.03. The summed E-state index contributed by atoms with van der Waals surface area (Å²) in [5.41, 5.74) is 2.19. The van der Waals surface area contributed by atoms with Crippen LogP contribution in [0, 0.1) is 13.8 Å². The minimum absolute atomic E-state index is 0.524. The molecule has 8 nitrogen and oxygen atoms in total. The molecule has 0 saturated carbocycles. The van der Waals surface area contributed by atoms with Gasteiger partial charge in [0.25, 0.3) is 0 Å². The fraction of sp³-hybridized carbons (Fsp3) is 0.364. The summed E-state index contributed by atoms with van der Waals surface area (Å²) >= 11 is 7.22. The van der Waals surface area contributed by atoms with Crippen molar-refractivity contribution < 1.29 is 4.79 Å². The predicted octanol–water partition coefficient (Wildman–Crippen LogP) is 3.73. The molecule has 0 bridgehead atoms. The second kappa shape index (κ2) is 13.7. The summed E-state index contributed by atoms with van der Waals surface area (Å²) in [6.07, 6.45) is 2.20. The first kappa shape index (κ1) is 25.6. The van der Waals surface area contributed by atoms with Crippen molar-refractivity contribution in [2.24, 2.45) is 4.99 Å². The Morgan fingerprint density at radius 1 is 1.34 bits per heavy atom. The van der Waals surface area contributed by atoms with Gasteiger partial charge in [0.1, 0.15) is 17.5 Å². The number of hydrogen-bond acceptors (Lipinski definition) is 9. The zero-order chi connectivity index (χ0) is 23.3. The predicted molar refractivity (Wildman–Crippen MR) is 137 cm³/mol. The lowest BCUT2D eigenvalue weighted by atomic mass is 10.2. The van der Waals surface area contributed by atoms with Gasteiger partial charge >= 0.3 is 0 Å². The van der Waals surface area contributed by atoms with Crippen molar-refractivity contribution in [2.45, 2.75) is 13.8 Å². The molecule has 0 spiro atoms. The maximum Gasteiger partial charge on any atom is 0.158 e.